The van der Waals surface area contributed by atoms with Gasteiger partial charge in [-0.2, -0.15) is 0 Å². The number of nitrogens with one attached hydrogen (secondary N) is 1. The quantitative estimate of drug-likeness (QED) is 0.928. The molecule has 2 unspecified atom stereocenters. The van der Waals surface area contributed by atoms with Crippen molar-refractivity contribution in [3.63, 3.8) is 0 Å². The van der Waals surface area contributed by atoms with E-state index in [9.17, 15) is 4.79 Å². The Morgan fingerprint density at radius 3 is 2.88 bits per heavy atom. The summed E-state index contributed by atoms with van der Waals surface area (Å²) in [6, 6.07) is 5.67. The van der Waals surface area contributed by atoms with Crippen LogP contribution in [-0.4, -0.2) is 18.9 Å². The van der Waals surface area contributed by atoms with Crippen LogP contribution in [0.3, 0.4) is 0 Å². The van der Waals surface area contributed by atoms with Crippen LogP contribution >= 0.6 is 27.5 Å². The molecule has 92 valence electrons. The maximum atomic E-state index is 12.2. The molecule has 0 aliphatic carbocycles. The minimum absolute atomic E-state index is 0.134. The van der Waals surface area contributed by atoms with Gasteiger partial charge in [0.15, 0.2) is 0 Å². The summed E-state index contributed by atoms with van der Waals surface area (Å²) in [7, 11) is 0. The normalized spacial score (nSPS) is 23.9. The number of Topliss-reactive ketones (excluding diaryl/α,β-unsaturated/α-hetero) is 1. The van der Waals surface area contributed by atoms with Crippen molar-refractivity contribution in [2.45, 2.75) is 13.3 Å². The summed E-state index contributed by atoms with van der Waals surface area (Å²) in [5.74, 6) is 0.846. The van der Waals surface area contributed by atoms with E-state index in [1.165, 1.54) is 0 Å². The van der Waals surface area contributed by atoms with Crippen LogP contribution in [0.4, 0.5) is 0 Å². The first-order valence-corrected chi connectivity index (χ1v) is 6.92. The molecule has 2 rings (SSSR count). The van der Waals surface area contributed by atoms with Crippen molar-refractivity contribution in [1.82, 2.24) is 5.32 Å². The molecule has 0 radical (unpaired) electrons. The average molecular weight is 317 g/mol. The predicted molar refractivity (Wildman–Crippen MR) is 73.4 cm³/mol. The second kappa shape index (κ2) is 5.51. The molecule has 1 saturated heterocycles. The molecule has 1 aliphatic heterocycles. The molecule has 0 bridgehead atoms. The van der Waals surface area contributed by atoms with E-state index >= 15 is 0 Å². The van der Waals surface area contributed by atoms with Gasteiger partial charge >= 0.3 is 0 Å². The Morgan fingerprint density at radius 2 is 2.29 bits per heavy atom. The van der Waals surface area contributed by atoms with E-state index in [1.807, 2.05) is 18.2 Å². The van der Waals surface area contributed by atoms with Gasteiger partial charge in [0, 0.05) is 28.4 Å². The summed E-state index contributed by atoms with van der Waals surface area (Å²) < 4.78 is 0.939. The fourth-order valence-electron chi connectivity index (χ4n) is 2.22. The molecule has 1 fully saturated rings. The van der Waals surface area contributed by atoms with E-state index in [4.69, 9.17) is 11.6 Å². The molecule has 0 amide bonds. The van der Waals surface area contributed by atoms with Crippen LogP contribution in [0.25, 0.3) is 0 Å². The zero-order valence-electron chi connectivity index (χ0n) is 9.67. The van der Waals surface area contributed by atoms with E-state index in [2.05, 4.69) is 28.2 Å². The summed E-state index contributed by atoms with van der Waals surface area (Å²) >= 11 is 9.48. The average Bonchev–Trinajstić information content (AvgIpc) is 2.68. The van der Waals surface area contributed by atoms with E-state index in [1.54, 1.807) is 0 Å². The summed E-state index contributed by atoms with van der Waals surface area (Å²) in [5.41, 5.74) is 0.916. The molecule has 1 N–H and O–H groups in total. The van der Waals surface area contributed by atoms with E-state index in [0.29, 0.717) is 17.4 Å². The minimum Gasteiger partial charge on any atom is -0.316 e. The van der Waals surface area contributed by atoms with Crippen molar-refractivity contribution in [3.8, 4) is 0 Å². The van der Waals surface area contributed by atoms with E-state index < -0.39 is 0 Å². The van der Waals surface area contributed by atoms with Gasteiger partial charge < -0.3 is 5.32 Å². The Bertz CT molecular complexity index is 435. The second-order valence-corrected chi connectivity index (χ2v) is 5.94. The molecule has 1 aliphatic rings. The highest BCUT2D eigenvalue weighted by atomic mass is 79.9. The number of carbonyl (C=O) groups is 1. The van der Waals surface area contributed by atoms with Crippen molar-refractivity contribution in [2.75, 3.05) is 13.1 Å². The van der Waals surface area contributed by atoms with Gasteiger partial charge in [0.1, 0.15) is 5.78 Å². The number of carbonyl (C=O) groups excluding carboxylic acids is 1. The standard InChI is InChI=1S/C13H15BrClNO/c1-8-6-16-7-11(8)13(17)4-9-2-3-10(14)5-12(9)15/h2-3,5,8,11,16H,4,6-7H2,1H3. The first-order valence-electron chi connectivity index (χ1n) is 5.75. The maximum Gasteiger partial charge on any atom is 0.141 e. The van der Waals surface area contributed by atoms with Crippen molar-refractivity contribution in [1.29, 1.82) is 0 Å². The van der Waals surface area contributed by atoms with Crippen LogP contribution in [0.2, 0.25) is 5.02 Å². The van der Waals surface area contributed by atoms with Gasteiger partial charge in [-0.25, -0.2) is 0 Å². The lowest BCUT2D eigenvalue weighted by Crippen LogP contribution is -2.23. The molecular formula is C13H15BrClNO. The smallest absolute Gasteiger partial charge is 0.141 e. The largest absolute Gasteiger partial charge is 0.316 e. The Kier molecular flexibility index (Phi) is 4.23. The molecule has 0 spiro atoms. The monoisotopic (exact) mass is 315 g/mol. The fourth-order valence-corrected chi connectivity index (χ4v) is 2.97. The molecule has 1 heterocycles. The maximum absolute atomic E-state index is 12.2. The number of hydrogen-bond donors (Lipinski definition) is 1. The molecule has 2 nitrogen and oxygen atoms in total. The molecule has 0 saturated carbocycles. The minimum atomic E-state index is 0.134. The van der Waals surface area contributed by atoms with Gasteiger partial charge in [0.25, 0.3) is 0 Å². The molecule has 4 heteroatoms. The first-order chi connectivity index (χ1) is 8.08. The van der Waals surface area contributed by atoms with Crippen LogP contribution < -0.4 is 5.32 Å². The van der Waals surface area contributed by atoms with Crippen LogP contribution in [0.1, 0.15) is 12.5 Å². The molecule has 17 heavy (non-hydrogen) atoms. The molecule has 2 atom stereocenters. The lowest BCUT2D eigenvalue weighted by Gasteiger charge is -2.13. The zero-order valence-corrected chi connectivity index (χ0v) is 12.0. The van der Waals surface area contributed by atoms with Crippen molar-refractivity contribution >= 4 is 33.3 Å². The number of halogens is 2. The summed E-state index contributed by atoms with van der Waals surface area (Å²) in [5, 5.41) is 3.91. The van der Waals surface area contributed by atoms with Gasteiger partial charge in [-0.15, -0.1) is 0 Å². The zero-order chi connectivity index (χ0) is 12.4. The van der Waals surface area contributed by atoms with Crippen molar-refractivity contribution in [3.05, 3.63) is 33.3 Å². The second-order valence-electron chi connectivity index (χ2n) is 4.62. The van der Waals surface area contributed by atoms with Gasteiger partial charge in [-0.3, -0.25) is 4.79 Å². The fraction of sp³-hybridized carbons (Fsp3) is 0.462. The number of rotatable bonds is 3. The number of benzene rings is 1. The Balaban J connectivity index is 2.07. The summed E-state index contributed by atoms with van der Waals surface area (Å²) in [6.45, 7) is 3.85. The highest BCUT2D eigenvalue weighted by Gasteiger charge is 2.29. The van der Waals surface area contributed by atoms with E-state index in [-0.39, 0.29) is 11.7 Å². The van der Waals surface area contributed by atoms with Crippen LogP contribution in [0.15, 0.2) is 22.7 Å². The third-order valence-electron chi connectivity index (χ3n) is 3.31. The number of hydrogen-bond acceptors (Lipinski definition) is 2. The van der Waals surface area contributed by atoms with Gasteiger partial charge in [-0.1, -0.05) is 40.5 Å². The van der Waals surface area contributed by atoms with Crippen LogP contribution in [0.5, 0.6) is 0 Å². The summed E-state index contributed by atoms with van der Waals surface area (Å²) in [4.78, 5) is 12.2. The third kappa shape index (κ3) is 3.09. The lowest BCUT2D eigenvalue weighted by molar-refractivity contribution is -0.122. The Labute approximate surface area is 115 Å². The van der Waals surface area contributed by atoms with Gasteiger partial charge in [0.2, 0.25) is 0 Å². The summed E-state index contributed by atoms with van der Waals surface area (Å²) in [6.07, 6.45) is 0.433. The first kappa shape index (κ1) is 13.1. The SMILES string of the molecule is CC1CNCC1C(=O)Cc1ccc(Br)cc1Cl. The van der Waals surface area contributed by atoms with Gasteiger partial charge in [0.05, 0.1) is 0 Å². The molecule has 1 aromatic rings. The van der Waals surface area contributed by atoms with Crippen LogP contribution in [-0.2, 0) is 11.2 Å². The Morgan fingerprint density at radius 1 is 1.53 bits per heavy atom. The van der Waals surface area contributed by atoms with Gasteiger partial charge in [-0.05, 0) is 30.2 Å². The predicted octanol–water partition coefficient (Wildman–Crippen LogP) is 3.07. The molecule has 1 aromatic carbocycles. The Hall–Kier alpha value is -0.380. The third-order valence-corrected chi connectivity index (χ3v) is 4.16. The van der Waals surface area contributed by atoms with Crippen molar-refractivity contribution in [2.24, 2.45) is 11.8 Å². The number of ketones is 1. The highest BCUT2D eigenvalue weighted by Crippen LogP contribution is 2.24. The lowest BCUT2D eigenvalue weighted by atomic mass is 9.90. The van der Waals surface area contributed by atoms with E-state index in [0.717, 1.165) is 23.1 Å². The molecule has 0 aromatic heterocycles. The topological polar surface area (TPSA) is 29.1 Å². The van der Waals surface area contributed by atoms with Crippen LogP contribution in [0, 0.1) is 11.8 Å². The van der Waals surface area contributed by atoms with Crippen molar-refractivity contribution < 1.29 is 4.79 Å². The highest BCUT2D eigenvalue weighted by molar-refractivity contribution is 9.10. The molecular weight excluding hydrogens is 302 g/mol.